The molecule has 0 radical (unpaired) electrons. The Morgan fingerprint density at radius 1 is 1.31 bits per heavy atom. The van der Waals surface area contributed by atoms with Gasteiger partial charge in [-0.25, -0.2) is 0 Å². The van der Waals surface area contributed by atoms with E-state index in [1.54, 1.807) is 0 Å². The van der Waals surface area contributed by atoms with Gasteiger partial charge in [-0.1, -0.05) is 50.1 Å². The second-order valence-electron chi connectivity index (χ2n) is 3.84. The molecular formula is C13H19NO2. The summed E-state index contributed by atoms with van der Waals surface area (Å²) in [4.78, 5) is 11.1. The van der Waals surface area contributed by atoms with Crippen LogP contribution in [-0.2, 0) is 4.79 Å². The van der Waals surface area contributed by atoms with Gasteiger partial charge >= 0.3 is 5.97 Å². The third-order valence-corrected chi connectivity index (χ3v) is 2.51. The Kier molecular flexibility index (Phi) is 5.57. The molecule has 2 N–H and O–H groups in total. The fourth-order valence-electron chi connectivity index (χ4n) is 1.61. The number of carbonyl (C=O) groups is 1. The van der Waals surface area contributed by atoms with E-state index >= 15 is 0 Å². The molecular weight excluding hydrogens is 202 g/mol. The number of hydrogen-bond donors (Lipinski definition) is 2. The molecule has 0 aromatic heterocycles. The predicted octanol–water partition coefficient (Wildman–Crippen LogP) is 2.59. The molecule has 0 aliphatic carbocycles. The molecule has 0 aliphatic rings. The molecule has 1 aromatic rings. The summed E-state index contributed by atoms with van der Waals surface area (Å²) < 4.78 is 0. The molecule has 1 aromatic carbocycles. The van der Waals surface area contributed by atoms with E-state index in [9.17, 15) is 4.79 Å². The van der Waals surface area contributed by atoms with Crippen molar-refractivity contribution in [2.24, 2.45) is 0 Å². The maximum atomic E-state index is 11.1. The van der Waals surface area contributed by atoms with Crippen molar-refractivity contribution in [1.82, 2.24) is 5.32 Å². The van der Waals surface area contributed by atoms with E-state index in [0.717, 1.165) is 31.4 Å². The first kappa shape index (κ1) is 12.7. The summed E-state index contributed by atoms with van der Waals surface area (Å²) in [5.41, 5.74) is 0.812. The number of rotatable bonds is 7. The van der Waals surface area contributed by atoms with Gasteiger partial charge in [-0.3, -0.25) is 4.79 Å². The SMILES string of the molecule is CCCCCN[C@H](C(=O)O)c1ccccc1. The van der Waals surface area contributed by atoms with Crippen LogP contribution in [0.3, 0.4) is 0 Å². The van der Waals surface area contributed by atoms with Crippen LogP contribution in [0.2, 0.25) is 0 Å². The molecule has 0 saturated carbocycles. The predicted molar refractivity (Wildman–Crippen MR) is 64.3 cm³/mol. The van der Waals surface area contributed by atoms with Gasteiger partial charge in [0.05, 0.1) is 0 Å². The highest BCUT2D eigenvalue weighted by molar-refractivity contribution is 5.75. The van der Waals surface area contributed by atoms with Crippen LogP contribution >= 0.6 is 0 Å². The van der Waals surface area contributed by atoms with Crippen molar-refractivity contribution in [3.8, 4) is 0 Å². The lowest BCUT2D eigenvalue weighted by Crippen LogP contribution is -2.29. The number of unbranched alkanes of at least 4 members (excludes halogenated alkanes) is 2. The minimum Gasteiger partial charge on any atom is -0.480 e. The van der Waals surface area contributed by atoms with Gasteiger partial charge < -0.3 is 10.4 Å². The number of carboxylic acids is 1. The zero-order valence-corrected chi connectivity index (χ0v) is 9.65. The molecule has 0 aliphatic heterocycles. The molecule has 16 heavy (non-hydrogen) atoms. The molecule has 1 rings (SSSR count). The Bertz CT molecular complexity index is 311. The van der Waals surface area contributed by atoms with Gasteiger partial charge in [0.15, 0.2) is 0 Å². The first-order valence-electron chi connectivity index (χ1n) is 5.77. The average molecular weight is 221 g/mol. The van der Waals surface area contributed by atoms with Crippen molar-refractivity contribution in [2.75, 3.05) is 6.54 Å². The highest BCUT2D eigenvalue weighted by Gasteiger charge is 2.17. The van der Waals surface area contributed by atoms with Crippen LogP contribution in [0.5, 0.6) is 0 Å². The second-order valence-corrected chi connectivity index (χ2v) is 3.84. The Morgan fingerprint density at radius 3 is 2.56 bits per heavy atom. The Balaban J connectivity index is 2.52. The van der Waals surface area contributed by atoms with Gasteiger partial charge in [0.2, 0.25) is 0 Å². The molecule has 0 amide bonds. The van der Waals surface area contributed by atoms with Gasteiger partial charge in [0, 0.05) is 0 Å². The minimum absolute atomic E-state index is 0.585. The molecule has 0 heterocycles. The highest BCUT2D eigenvalue weighted by Crippen LogP contribution is 2.12. The van der Waals surface area contributed by atoms with Gasteiger partial charge in [-0.2, -0.15) is 0 Å². The smallest absolute Gasteiger partial charge is 0.325 e. The lowest BCUT2D eigenvalue weighted by Gasteiger charge is -2.14. The maximum Gasteiger partial charge on any atom is 0.325 e. The van der Waals surface area contributed by atoms with E-state index < -0.39 is 12.0 Å². The Morgan fingerprint density at radius 2 is 2.00 bits per heavy atom. The van der Waals surface area contributed by atoms with Crippen LogP contribution in [0.25, 0.3) is 0 Å². The quantitative estimate of drug-likeness (QED) is 0.696. The third-order valence-electron chi connectivity index (χ3n) is 2.51. The normalized spacial score (nSPS) is 12.3. The topological polar surface area (TPSA) is 49.3 Å². The van der Waals surface area contributed by atoms with Crippen molar-refractivity contribution in [3.63, 3.8) is 0 Å². The van der Waals surface area contributed by atoms with Crippen LogP contribution in [0.15, 0.2) is 30.3 Å². The van der Waals surface area contributed by atoms with E-state index in [1.165, 1.54) is 0 Å². The molecule has 1 atom stereocenters. The zero-order valence-electron chi connectivity index (χ0n) is 9.65. The summed E-state index contributed by atoms with van der Waals surface area (Å²) in [5.74, 6) is -0.817. The van der Waals surface area contributed by atoms with Gasteiger partial charge in [-0.05, 0) is 18.5 Å². The molecule has 88 valence electrons. The van der Waals surface area contributed by atoms with Crippen molar-refractivity contribution in [1.29, 1.82) is 0 Å². The molecule has 0 spiro atoms. The molecule has 0 saturated heterocycles. The largest absolute Gasteiger partial charge is 0.480 e. The standard InChI is InChI=1S/C13H19NO2/c1-2-3-7-10-14-12(13(15)16)11-8-5-4-6-9-11/h4-6,8-9,12,14H,2-3,7,10H2,1H3,(H,15,16)/t12-/m0/s1. The number of benzene rings is 1. The van der Waals surface area contributed by atoms with Crippen LogP contribution < -0.4 is 5.32 Å². The number of carboxylic acid groups (broad SMARTS) is 1. The van der Waals surface area contributed by atoms with Gasteiger partial charge in [0.1, 0.15) is 6.04 Å². The van der Waals surface area contributed by atoms with Crippen molar-refractivity contribution >= 4 is 5.97 Å². The van der Waals surface area contributed by atoms with Crippen LogP contribution in [0.1, 0.15) is 37.8 Å². The van der Waals surface area contributed by atoms with Crippen LogP contribution in [0, 0.1) is 0 Å². The fourth-order valence-corrected chi connectivity index (χ4v) is 1.61. The molecule has 0 bridgehead atoms. The van der Waals surface area contributed by atoms with E-state index in [-0.39, 0.29) is 0 Å². The van der Waals surface area contributed by atoms with Crippen LogP contribution in [-0.4, -0.2) is 17.6 Å². The van der Waals surface area contributed by atoms with Crippen molar-refractivity contribution < 1.29 is 9.90 Å². The minimum atomic E-state index is -0.817. The van der Waals surface area contributed by atoms with Crippen molar-refractivity contribution in [3.05, 3.63) is 35.9 Å². The van der Waals surface area contributed by atoms with E-state index in [0.29, 0.717) is 0 Å². The number of aliphatic carboxylic acids is 1. The van der Waals surface area contributed by atoms with E-state index in [1.807, 2.05) is 30.3 Å². The molecule has 3 heteroatoms. The highest BCUT2D eigenvalue weighted by atomic mass is 16.4. The van der Waals surface area contributed by atoms with Crippen LogP contribution in [0.4, 0.5) is 0 Å². The first-order valence-corrected chi connectivity index (χ1v) is 5.77. The summed E-state index contributed by atoms with van der Waals surface area (Å²) in [5, 5.41) is 12.2. The number of nitrogens with one attached hydrogen (secondary N) is 1. The molecule has 0 fully saturated rings. The van der Waals surface area contributed by atoms with E-state index in [4.69, 9.17) is 5.11 Å². The van der Waals surface area contributed by atoms with Crippen molar-refractivity contribution in [2.45, 2.75) is 32.2 Å². The summed E-state index contributed by atoms with van der Waals surface area (Å²) in [6, 6.07) is 8.70. The second kappa shape index (κ2) is 7.01. The Hall–Kier alpha value is -1.35. The lowest BCUT2D eigenvalue weighted by atomic mass is 10.1. The van der Waals surface area contributed by atoms with Gasteiger partial charge in [-0.15, -0.1) is 0 Å². The number of hydrogen-bond acceptors (Lipinski definition) is 2. The monoisotopic (exact) mass is 221 g/mol. The zero-order chi connectivity index (χ0) is 11.8. The summed E-state index contributed by atoms with van der Waals surface area (Å²) >= 11 is 0. The molecule has 3 nitrogen and oxygen atoms in total. The van der Waals surface area contributed by atoms with E-state index in [2.05, 4.69) is 12.2 Å². The third kappa shape index (κ3) is 4.03. The maximum absolute atomic E-state index is 11.1. The van der Waals surface area contributed by atoms with Gasteiger partial charge in [0.25, 0.3) is 0 Å². The Labute approximate surface area is 96.5 Å². The average Bonchev–Trinajstić information content (AvgIpc) is 2.30. The lowest BCUT2D eigenvalue weighted by molar-refractivity contribution is -0.139. The summed E-state index contributed by atoms with van der Waals surface area (Å²) in [6.45, 7) is 2.88. The molecule has 0 unspecified atom stereocenters. The summed E-state index contributed by atoms with van der Waals surface area (Å²) in [6.07, 6.45) is 3.30. The fraction of sp³-hybridized carbons (Fsp3) is 0.462. The first-order chi connectivity index (χ1) is 7.75. The summed E-state index contributed by atoms with van der Waals surface area (Å²) in [7, 11) is 0.